The molecule has 0 radical (unpaired) electrons. The highest BCUT2D eigenvalue weighted by molar-refractivity contribution is 7.99. The first-order chi connectivity index (χ1) is 13.9. The van der Waals surface area contributed by atoms with Gasteiger partial charge in [0, 0.05) is 34.9 Å². The molecule has 3 aromatic rings. The van der Waals surface area contributed by atoms with Crippen LogP contribution in [0.5, 0.6) is 0 Å². The van der Waals surface area contributed by atoms with Gasteiger partial charge in [0.25, 0.3) is 0 Å². The van der Waals surface area contributed by atoms with Crippen LogP contribution in [0.4, 0.5) is 22.9 Å². The van der Waals surface area contributed by atoms with Gasteiger partial charge in [0.1, 0.15) is 5.82 Å². The number of nitrogens with one attached hydrogen (secondary N) is 1. The molecule has 1 amide bonds. The van der Waals surface area contributed by atoms with E-state index in [1.165, 1.54) is 11.8 Å². The molecule has 1 aromatic heterocycles. The average Bonchev–Trinajstić information content (AvgIpc) is 2.68. The highest BCUT2D eigenvalue weighted by atomic mass is 32.2. The minimum atomic E-state index is -0.00236. The largest absolute Gasteiger partial charge is 0.384 e. The smallest absolute Gasteiger partial charge is 0.237 e. The molecule has 0 atom stereocenters. The molecule has 2 aromatic carbocycles. The van der Waals surface area contributed by atoms with Crippen molar-refractivity contribution >= 4 is 40.5 Å². The Morgan fingerprint density at radius 3 is 2.34 bits per heavy atom. The third-order valence-electron chi connectivity index (χ3n) is 4.17. The first-order valence-electron chi connectivity index (χ1n) is 9.40. The van der Waals surface area contributed by atoms with Crippen molar-refractivity contribution in [1.82, 2.24) is 9.97 Å². The molecule has 7 heteroatoms. The van der Waals surface area contributed by atoms with E-state index in [-0.39, 0.29) is 17.7 Å². The van der Waals surface area contributed by atoms with Crippen molar-refractivity contribution in [3.05, 3.63) is 66.4 Å². The third-order valence-corrected chi connectivity index (χ3v) is 5.00. The van der Waals surface area contributed by atoms with Crippen LogP contribution in [0.15, 0.2) is 65.8 Å². The lowest BCUT2D eigenvalue weighted by Crippen LogP contribution is -2.38. The topological polar surface area (TPSA) is 84.1 Å². The number of hydrogen-bond acceptors (Lipinski definition) is 6. The number of nitrogen functional groups attached to an aromatic ring is 1. The quantitative estimate of drug-likeness (QED) is 0.438. The number of carbonyl (C=O) groups excluding carboxylic acids is 1. The molecule has 0 unspecified atom stereocenters. The van der Waals surface area contributed by atoms with Crippen molar-refractivity contribution in [3.63, 3.8) is 0 Å². The molecule has 29 heavy (non-hydrogen) atoms. The summed E-state index contributed by atoms with van der Waals surface area (Å²) in [6.07, 6.45) is 0. The van der Waals surface area contributed by atoms with Crippen LogP contribution in [0.2, 0.25) is 0 Å². The highest BCUT2D eigenvalue weighted by Crippen LogP contribution is 2.24. The number of amides is 1. The minimum Gasteiger partial charge on any atom is -0.384 e. The molecule has 3 rings (SSSR count). The summed E-state index contributed by atoms with van der Waals surface area (Å²) in [7, 11) is 0. The number of hydrogen-bond donors (Lipinski definition) is 2. The molecule has 0 aliphatic carbocycles. The Morgan fingerprint density at radius 2 is 1.72 bits per heavy atom. The van der Waals surface area contributed by atoms with Crippen LogP contribution in [0.3, 0.4) is 0 Å². The van der Waals surface area contributed by atoms with Crippen molar-refractivity contribution in [2.75, 3.05) is 21.7 Å². The summed E-state index contributed by atoms with van der Waals surface area (Å²) in [5.41, 5.74) is 9.40. The third kappa shape index (κ3) is 5.71. The van der Waals surface area contributed by atoms with Crippen LogP contribution in [0, 0.1) is 6.92 Å². The molecular weight excluding hydrogens is 382 g/mol. The van der Waals surface area contributed by atoms with E-state index in [9.17, 15) is 4.79 Å². The molecule has 0 bridgehead atoms. The van der Waals surface area contributed by atoms with E-state index in [0.29, 0.717) is 11.0 Å². The van der Waals surface area contributed by atoms with Gasteiger partial charge in [-0.05, 0) is 57.2 Å². The van der Waals surface area contributed by atoms with Crippen molar-refractivity contribution < 1.29 is 4.79 Å². The molecule has 0 aliphatic rings. The number of nitrogens with two attached hydrogens (primary N) is 1. The number of rotatable bonds is 7. The van der Waals surface area contributed by atoms with Gasteiger partial charge in [-0.1, -0.05) is 30.0 Å². The Balaban J connectivity index is 1.69. The van der Waals surface area contributed by atoms with E-state index in [4.69, 9.17) is 5.73 Å². The molecule has 0 aliphatic heterocycles. The normalized spacial score (nSPS) is 10.8. The SMILES string of the molecule is Cc1cc(N)nc(SCC(=O)N(c2ccc(Nc3ccccc3)cc2)C(C)C)n1. The summed E-state index contributed by atoms with van der Waals surface area (Å²) in [6, 6.07) is 19.6. The van der Waals surface area contributed by atoms with Gasteiger partial charge < -0.3 is 16.0 Å². The maximum absolute atomic E-state index is 12.9. The van der Waals surface area contributed by atoms with E-state index in [1.54, 1.807) is 11.0 Å². The van der Waals surface area contributed by atoms with Gasteiger partial charge in [-0.3, -0.25) is 4.79 Å². The number of benzene rings is 2. The summed E-state index contributed by atoms with van der Waals surface area (Å²) in [6.45, 7) is 5.86. The lowest BCUT2D eigenvalue weighted by atomic mass is 10.2. The second-order valence-electron chi connectivity index (χ2n) is 6.90. The first-order valence-corrected chi connectivity index (χ1v) is 10.4. The number of nitrogens with zero attached hydrogens (tertiary/aromatic N) is 3. The van der Waals surface area contributed by atoms with Gasteiger partial charge in [-0.2, -0.15) is 0 Å². The lowest BCUT2D eigenvalue weighted by Gasteiger charge is -2.27. The molecule has 6 nitrogen and oxygen atoms in total. The number of para-hydroxylation sites is 1. The molecular formula is C22H25N5OS. The number of thioether (sulfide) groups is 1. The summed E-state index contributed by atoms with van der Waals surface area (Å²) in [4.78, 5) is 23.2. The van der Waals surface area contributed by atoms with E-state index in [0.717, 1.165) is 22.8 Å². The lowest BCUT2D eigenvalue weighted by molar-refractivity contribution is -0.116. The fraction of sp³-hybridized carbons (Fsp3) is 0.227. The second kappa shape index (κ2) is 9.43. The van der Waals surface area contributed by atoms with Crippen LogP contribution in [0.25, 0.3) is 0 Å². The molecule has 0 saturated carbocycles. The van der Waals surface area contributed by atoms with Crippen molar-refractivity contribution in [3.8, 4) is 0 Å². The second-order valence-corrected chi connectivity index (χ2v) is 7.84. The molecule has 0 saturated heterocycles. The molecule has 3 N–H and O–H groups in total. The molecule has 1 heterocycles. The zero-order chi connectivity index (χ0) is 20.8. The van der Waals surface area contributed by atoms with Gasteiger partial charge in [0.15, 0.2) is 5.16 Å². The standard InChI is InChI=1S/C22H25N5OS/c1-15(2)27(21(28)14-29-22-24-16(3)13-20(23)26-22)19-11-9-18(10-12-19)25-17-7-5-4-6-8-17/h4-13,15,25H,14H2,1-3H3,(H2,23,24,26). The van der Waals surface area contributed by atoms with Gasteiger partial charge in [-0.15, -0.1) is 0 Å². The maximum atomic E-state index is 12.9. The zero-order valence-corrected chi connectivity index (χ0v) is 17.6. The Hall–Kier alpha value is -3.06. The van der Waals surface area contributed by atoms with Crippen LogP contribution < -0.4 is 16.0 Å². The van der Waals surface area contributed by atoms with E-state index < -0.39 is 0 Å². The Morgan fingerprint density at radius 1 is 1.07 bits per heavy atom. The number of aromatic nitrogens is 2. The van der Waals surface area contributed by atoms with Crippen molar-refractivity contribution in [2.45, 2.75) is 32.0 Å². The average molecular weight is 408 g/mol. The summed E-state index contributed by atoms with van der Waals surface area (Å²) >= 11 is 1.30. The monoisotopic (exact) mass is 407 g/mol. The predicted octanol–water partition coefficient (Wildman–Crippen LogP) is 4.64. The van der Waals surface area contributed by atoms with Gasteiger partial charge in [-0.25, -0.2) is 9.97 Å². The first kappa shape index (κ1) is 20.7. The van der Waals surface area contributed by atoms with Crippen molar-refractivity contribution in [1.29, 1.82) is 0 Å². The highest BCUT2D eigenvalue weighted by Gasteiger charge is 2.20. The molecule has 0 spiro atoms. The number of carbonyl (C=O) groups is 1. The van der Waals surface area contributed by atoms with Gasteiger partial charge in [0.05, 0.1) is 5.75 Å². The van der Waals surface area contributed by atoms with Crippen LogP contribution in [-0.2, 0) is 4.79 Å². The van der Waals surface area contributed by atoms with E-state index >= 15 is 0 Å². The summed E-state index contributed by atoms with van der Waals surface area (Å²) in [5.74, 6) is 0.651. The van der Waals surface area contributed by atoms with Crippen LogP contribution in [0.1, 0.15) is 19.5 Å². The Bertz CT molecular complexity index is 940. The molecule has 150 valence electrons. The fourth-order valence-electron chi connectivity index (χ4n) is 2.95. The zero-order valence-electron chi connectivity index (χ0n) is 16.8. The maximum Gasteiger partial charge on any atom is 0.237 e. The number of anilines is 4. The summed E-state index contributed by atoms with van der Waals surface area (Å²) < 4.78 is 0. The van der Waals surface area contributed by atoms with Crippen molar-refractivity contribution in [2.24, 2.45) is 0 Å². The fourth-order valence-corrected chi connectivity index (χ4v) is 3.72. The summed E-state index contributed by atoms with van der Waals surface area (Å²) in [5, 5.41) is 3.87. The Labute approximate surface area is 175 Å². The van der Waals surface area contributed by atoms with Gasteiger partial charge >= 0.3 is 0 Å². The minimum absolute atomic E-state index is 0.00236. The van der Waals surface area contributed by atoms with E-state index in [1.807, 2.05) is 75.4 Å². The molecule has 0 fully saturated rings. The van der Waals surface area contributed by atoms with Crippen LogP contribution in [-0.4, -0.2) is 27.7 Å². The van der Waals surface area contributed by atoms with Gasteiger partial charge in [0.2, 0.25) is 5.91 Å². The Kier molecular flexibility index (Phi) is 6.72. The number of aryl methyl sites for hydroxylation is 1. The van der Waals surface area contributed by atoms with E-state index in [2.05, 4.69) is 15.3 Å². The van der Waals surface area contributed by atoms with Crippen LogP contribution >= 0.6 is 11.8 Å². The predicted molar refractivity (Wildman–Crippen MR) is 121 cm³/mol.